The van der Waals surface area contributed by atoms with Gasteiger partial charge in [0.05, 0.1) is 6.54 Å². The van der Waals surface area contributed by atoms with Crippen LogP contribution in [-0.2, 0) is 14.8 Å². The van der Waals surface area contributed by atoms with Crippen LogP contribution < -0.4 is 10.6 Å². The third kappa shape index (κ3) is 5.77. The normalized spacial score (nSPS) is 16.8. The fourth-order valence-corrected chi connectivity index (χ4v) is 4.94. The second kappa shape index (κ2) is 8.75. The number of hydrogen-bond donors (Lipinski definition) is 2. The summed E-state index contributed by atoms with van der Waals surface area (Å²) >= 11 is 1.20. The summed E-state index contributed by atoms with van der Waals surface area (Å²) in [5, 5.41) is 6.64. The Labute approximate surface area is 152 Å². The molecule has 2 rings (SSSR count). The molecule has 2 heterocycles. The number of nitrogens with one attached hydrogen (secondary N) is 2. The molecule has 140 valence electrons. The molecule has 0 radical (unpaired) electrons. The van der Waals surface area contributed by atoms with Crippen LogP contribution >= 0.6 is 11.3 Å². The Hall–Kier alpha value is -1.49. The first kappa shape index (κ1) is 19.8. The van der Waals surface area contributed by atoms with E-state index in [-0.39, 0.29) is 6.54 Å². The van der Waals surface area contributed by atoms with Crippen molar-refractivity contribution in [3.8, 4) is 0 Å². The molecule has 8 nitrogen and oxygen atoms in total. The van der Waals surface area contributed by atoms with E-state index in [0.29, 0.717) is 42.9 Å². The molecule has 0 bridgehead atoms. The zero-order valence-electron chi connectivity index (χ0n) is 14.4. The van der Waals surface area contributed by atoms with E-state index in [1.165, 1.54) is 15.6 Å². The van der Waals surface area contributed by atoms with Gasteiger partial charge in [-0.25, -0.2) is 13.2 Å². The standard InChI is InChI=1S/C15H24N4O4S2/c1-12(2)10-16-15(21)17-13(20)11-18-5-7-19(8-6-18)25(22,23)14-4-3-9-24-14/h3-4,9,12H,5-8,10-11H2,1-2H3,(H2,16,17,20,21). The van der Waals surface area contributed by atoms with Crippen LogP contribution in [0.4, 0.5) is 4.79 Å². The quantitative estimate of drug-likeness (QED) is 0.741. The van der Waals surface area contributed by atoms with Gasteiger partial charge in [0, 0.05) is 32.7 Å². The molecule has 0 saturated carbocycles. The molecular formula is C15H24N4O4S2. The Kier molecular flexibility index (Phi) is 6.94. The third-order valence-corrected chi connectivity index (χ3v) is 6.98. The predicted molar refractivity (Wildman–Crippen MR) is 95.9 cm³/mol. The van der Waals surface area contributed by atoms with Gasteiger partial charge >= 0.3 is 6.03 Å². The molecule has 1 aliphatic heterocycles. The van der Waals surface area contributed by atoms with Crippen molar-refractivity contribution in [2.75, 3.05) is 39.3 Å². The van der Waals surface area contributed by atoms with Crippen LogP contribution in [-0.4, -0.2) is 68.8 Å². The lowest BCUT2D eigenvalue weighted by Gasteiger charge is -2.33. The van der Waals surface area contributed by atoms with Gasteiger partial charge in [-0.3, -0.25) is 15.0 Å². The van der Waals surface area contributed by atoms with Gasteiger partial charge in [-0.2, -0.15) is 4.31 Å². The monoisotopic (exact) mass is 388 g/mol. The number of nitrogens with zero attached hydrogens (tertiary/aromatic N) is 2. The van der Waals surface area contributed by atoms with Crippen molar-refractivity contribution in [2.24, 2.45) is 5.92 Å². The highest BCUT2D eigenvalue weighted by atomic mass is 32.2. The van der Waals surface area contributed by atoms with Gasteiger partial charge in [0.2, 0.25) is 5.91 Å². The summed E-state index contributed by atoms with van der Waals surface area (Å²) in [4.78, 5) is 25.3. The van der Waals surface area contributed by atoms with Crippen molar-refractivity contribution in [1.82, 2.24) is 19.8 Å². The van der Waals surface area contributed by atoms with E-state index in [0.717, 1.165) is 0 Å². The SMILES string of the molecule is CC(C)CNC(=O)NC(=O)CN1CCN(S(=O)(=O)c2cccs2)CC1. The first-order valence-corrected chi connectivity index (χ1v) is 10.4. The average Bonchev–Trinajstić information content (AvgIpc) is 3.08. The smallest absolute Gasteiger partial charge is 0.321 e. The maximum Gasteiger partial charge on any atom is 0.321 e. The van der Waals surface area contributed by atoms with Crippen LogP contribution in [0.1, 0.15) is 13.8 Å². The fourth-order valence-electron chi connectivity index (χ4n) is 2.38. The van der Waals surface area contributed by atoms with Gasteiger partial charge < -0.3 is 5.32 Å². The molecule has 0 spiro atoms. The van der Waals surface area contributed by atoms with Gasteiger partial charge in [0.1, 0.15) is 4.21 Å². The van der Waals surface area contributed by atoms with Crippen LogP contribution in [0.5, 0.6) is 0 Å². The number of amides is 3. The Balaban J connectivity index is 1.77. The summed E-state index contributed by atoms with van der Waals surface area (Å²) in [6.07, 6.45) is 0. The Morgan fingerprint density at radius 1 is 1.24 bits per heavy atom. The van der Waals surface area contributed by atoms with Crippen molar-refractivity contribution in [1.29, 1.82) is 0 Å². The number of carbonyl (C=O) groups excluding carboxylic acids is 2. The number of rotatable bonds is 6. The molecule has 1 aromatic heterocycles. The molecule has 3 amide bonds. The lowest BCUT2D eigenvalue weighted by Crippen LogP contribution is -2.52. The molecule has 0 aliphatic carbocycles. The van der Waals surface area contributed by atoms with Gasteiger partial charge in [-0.15, -0.1) is 11.3 Å². The highest BCUT2D eigenvalue weighted by Crippen LogP contribution is 2.21. The number of hydrogen-bond acceptors (Lipinski definition) is 6. The number of urea groups is 1. The van der Waals surface area contributed by atoms with E-state index >= 15 is 0 Å². The van der Waals surface area contributed by atoms with Crippen LogP contribution in [0.2, 0.25) is 0 Å². The van der Waals surface area contributed by atoms with E-state index in [9.17, 15) is 18.0 Å². The van der Waals surface area contributed by atoms with Crippen molar-refractivity contribution >= 4 is 33.3 Å². The Bertz CT molecular complexity index is 680. The second-order valence-electron chi connectivity index (χ2n) is 6.26. The van der Waals surface area contributed by atoms with E-state index in [4.69, 9.17) is 0 Å². The molecular weight excluding hydrogens is 364 g/mol. The molecule has 1 aromatic rings. The summed E-state index contributed by atoms with van der Waals surface area (Å²) < 4.78 is 26.6. The van der Waals surface area contributed by atoms with E-state index in [2.05, 4.69) is 10.6 Å². The zero-order chi connectivity index (χ0) is 18.4. The molecule has 0 aromatic carbocycles. The van der Waals surface area contributed by atoms with Crippen molar-refractivity contribution in [2.45, 2.75) is 18.1 Å². The van der Waals surface area contributed by atoms with Crippen molar-refractivity contribution in [3.05, 3.63) is 17.5 Å². The highest BCUT2D eigenvalue weighted by molar-refractivity contribution is 7.91. The summed E-state index contributed by atoms with van der Waals surface area (Å²) in [5.41, 5.74) is 0. The van der Waals surface area contributed by atoms with Crippen LogP contribution in [0.25, 0.3) is 0 Å². The number of carbonyl (C=O) groups is 2. The van der Waals surface area contributed by atoms with Crippen LogP contribution in [0.15, 0.2) is 21.7 Å². The summed E-state index contributed by atoms with van der Waals surface area (Å²) in [7, 11) is -3.44. The fraction of sp³-hybridized carbons (Fsp3) is 0.600. The minimum atomic E-state index is -3.44. The van der Waals surface area contributed by atoms with E-state index in [1.807, 2.05) is 18.7 Å². The summed E-state index contributed by atoms with van der Waals surface area (Å²) in [6, 6.07) is 2.80. The lowest BCUT2D eigenvalue weighted by atomic mass is 10.2. The molecule has 1 saturated heterocycles. The van der Waals surface area contributed by atoms with Crippen LogP contribution in [0.3, 0.4) is 0 Å². The topological polar surface area (TPSA) is 98.8 Å². The highest BCUT2D eigenvalue weighted by Gasteiger charge is 2.29. The average molecular weight is 389 g/mol. The van der Waals surface area contributed by atoms with Gasteiger partial charge in [0.15, 0.2) is 0 Å². The number of imide groups is 1. The maximum absolute atomic E-state index is 12.4. The maximum atomic E-state index is 12.4. The Morgan fingerprint density at radius 2 is 1.92 bits per heavy atom. The molecule has 10 heteroatoms. The summed E-state index contributed by atoms with van der Waals surface area (Å²) in [6.45, 7) is 6.05. The van der Waals surface area contributed by atoms with Crippen molar-refractivity contribution in [3.63, 3.8) is 0 Å². The molecule has 0 atom stereocenters. The van der Waals surface area contributed by atoms with Crippen molar-refractivity contribution < 1.29 is 18.0 Å². The van der Waals surface area contributed by atoms with E-state index in [1.54, 1.807) is 17.5 Å². The molecule has 0 unspecified atom stereocenters. The van der Waals surface area contributed by atoms with Crippen LogP contribution in [0, 0.1) is 5.92 Å². The molecule has 2 N–H and O–H groups in total. The van der Waals surface area contributed by atoms with E-state index < -0.39 is 22.0 Å². The molecule has 1 fully saturated rings. The molecule has 25 heavy (non-hydrogen) atoms. The minimum Gasteiger partial charge on any atom is -0.338 e. The second-order valence-corrected chi connectivity index (χ2v) is 9.38. The summed E-state index contributed by atoms with van der Waals surface area (Å²) in [5.74, 6) is -0.0879. The van der Waals surface area contributed by atoms with Gasteiger partial charge in [0.25, 0.3) is 10.0 Å². The van der Waals surface area contributed by atoms with Gasteiger partial charge in [-0.1, -0.05) is 19.9 Å². The first-order valence-electron chi connectivity index (χ1n) is 8.12. The largest absolute Gasteiger partial charge is 0.338 e. The number of sulfonamides is 1. The Morgan fingerprint density at radius 3 is 2.48 bits per heavy atom. The zero-order valence-corrected chi connectivity index (χ0v) is 16.0. The lowest BCUT2D eigenvalue weighted by molar-refractivity contribution is -0.121. The number of thiophene rings is 1. The van der Waals surface area contributed by atoms with Gasteiger partial charge in [-0.05, 0) is 17.4 Å². The minimum absolute atomic E-state index is 0.0714. The number of piperazine rings is 1. The first-order chi connectivity index (χ1) is 11.8. The third-order valence-electron chi connectivity index (χ3n) is 3.71. The predicted octanol–water partition coefficient (Wildman–Crippen LogP) is 0.536. The molecule has 1 aliphatic rings.